The zero-order valence-corrected chi connectivity index (χ0v) is 13.0. The van der Waals surface area contributed by atoms with E-state index in [0.29, 0.717) is 5.56 Å². The summed E-state index contributed by atoms with van der Waals surface area (Å²) in [4.78, 5) is 14.8. The molecule has 0 spiro atoms. The first kappa shape index (κ1) is 15.3. The topological polar surface area (TPSA) is 49.8 Å². The Morgan fingerprint density at radius 3 is 2.68 bits per heavy atom. The Balaban J connectivity index is 1.69. The number of rotatable bonds is 5. The third-order valence-corrected chi connectivity index (χ3v) is 4.59. The van der Waals surface area contributed by atoms with Crippen molar-refractivity contribution in [3.63, 3.8) is 0 Å². The molecule has 1 saturated carbocycles. The molecule has 22 heavy (non-hydrogen) atoms. The van der Waals surface area contributed by atoms with Crippen molar-refractivity contribution in [2.75, 3.05) is 26.7 Å². The van der Waals surface area contributed by atoms with E-state index in [1.807, 2.05) is 18.2 Å². The van der Waals surface area contributed by atoms with Gasteiger partial charge in [0.25, 0.3) is 0 Å². The highest BCUT2D eigenvalue weighted by Crippen LogP contribution is 2.46. The van der Waals surface area contributed by atoms with Gasteiger partial charge in [-0.2, -0.15) is 0 Å². The smallest absolute Gasteiger partial charge is 0.343 e. The van der Waals surface area contributed by atoms with Gasteiger partial charge in [-0.05, 0) is 37.4 Å². The largest absolute Gasteiger partial charge is 0.459 e. The van der Waals surface area contributed by atoms with Crippen molar-refractivity contribution in [1.82, 2.24) is 4.90 Å². The van der Waals surface area contributed by atoms with E-state index in [9.17, 15) is 9.90 Å². The van der Waals surface area contributed by atoms with Crippen LogP contribution in [0.3, 0.4) is 0 Å². The summed E-state index contributed by atoms with van der Waals surface area (Å²) in [6.07, 6.45) is 4.76. The van der Waals surface area contributed by atoms with Gasteiger partial charge in [-0.15, -0.1) is 0 Å². The zero-order valence-electron chi connectivity index (χ0n) is 13.0. The highest BCUT2D eigenvalue weighted by molar-refractivity contribution is 5.82. The molecule has 1 aliphatic carbocycles. The van der Waals surface area contributed by atoms with E-state index in [0.717, 1.165) is 37.9 Å². The fourth-order valence-corrected chi connectivity index (χ4v) is 2.93. The van der Waals surface area contributed by atoms with Gasteiger partial charge in [0.1, 0.15) is 6.61 Å². The first-order valence-corrected chi connectivity index (χ1v) is 7.92. The molecule has 2 aliphatic rings. The molecule has 1 fully saturated rings. The quantitative estimate of drug-likeness (QED) is 0.668. The second-order valence-electron chi connectivity index (χ2n) is 6.36. The Kier molecular flexibility index (Phi) is 4.32. The first-order valence-electron chi connectivity index (χ1n) is 7.92. The molecule has 0 saturated heterocycles. The summed E-state index contributed by atoms with van der Waals surface area (Å²) in [5.41, 5.74) is 0.283. The number of likely N-dealkylation sites (N-methyl/N-ethyl adjacent to an activating group) is 1. The summed E-state index contributed by atoms with van der Waals surface area (Å²) in [6, 6.07) is 9.17. The van der Waals surface area contributed by atoms with Crippen molar-refractivity contribution in [2.24, 2.45) is 5.92 Å². The lowest BCUT2D eigenvalue weighted by Gasteiger charge is -2.27. The third-order valence-electron chi connectivity index (χ3n) is 4.59. The molecule has 3 rings (SSSR count). The lowest BCUT2D eigenvalue weighted by atomic mass is 9.89. The number of esters is 1. The second-order valence-corrected chi connectivity index (χ2v) is 6.36. The van der Waals surface area contributed by atoms with Crippen LogP contribution >= 0.6 is 0 Å². The summed E-state index contributed by atoms with van der Waals surface area (Å²) >= 11 is 0. The summed E-state index contributed by atoms with van der Waals surface area (Å²) in [7, 11) is 2.07. The van der Waals surface area contributed by atoms with E-state index < -0.39 is 11.6 Å². The number of ether oxygens (including phenoxy) is 1. The Morgan fingerprint density at radius 1 is 1.36 bits per heavy atom. The normalized spacial score (nSPS) is 21.8. The zero-order chi connectivity index (χ0) is 15.6. The van der Waals surface area contributed by atoms with Gasteiger partial charge in [0.15, 0.2) is 5.60 Å². The van der Waals surface area contributed by atoms with Gasteiger partial charge in [-0.3, -0.25) is 0 Å². The molecule has 1 aromatic carbocycles. The van der Waals surface area contributed by atoms with Crippen molar-refractivity contribution in [2.45, 2.75) is 24.9 Å². The van der Waals surface area contributed by atoms with Gasteiger partial charge < -0.3 is 14.7 Å². The number of aliphatic hydroxyl groups is 1. The van der Waals surface area contributed by atoms with Crippen molar-refractivity contribution in [1.29, 1.82) is 0 Å². The van der Waals surface area contributed by atoms with Crippen LogP contribution in [-0.4, -0.2) is 42.7 Å². The monoisotopic (exact) mass is 301 g/mol. The second kappa shape index (κ2) is 6.23. The first-order chi connectivity index (χ1) is 10.6. The van der Waals surface area contributed by atoms with Gasteiger partial charge in [0, 0.05) is 19.0 Å². The van der Waals surface area contributed by atoms with E-state index >= 15 is 0 Å². The molecule has 118 valence electrons. The van der Waals surface area contributed by atoms with E-state index in [4.69, 9.17) is 4.74 Å². The Bertz CT molecular complexity index is 565. The van der Waals surface area contributed by atoms with E-state index in [-0.39, 0.29) is 12.5 Å². The number of hydrogen-bond donors (Lipinski definition) is 1. The average molecular weight is 301 g/mol. The molecular weight excluding hydrogens is 278 g/mol. The molecule has 1 aliphatic heterocycles. The minimum atomic E-state index is -1.49. The maximum atomic E-state index is 12.5. The maximum Gasteiger partial charge on any atom is 0.343 e. The molecule has 1 unspecified atom stereocenters. The van der Waals surface area contributed by atoms with Gasteiger partial charge in [-0.25, -0.2) is 4.79 Å². The molecule has 1 atom stereocenters. The van der Waals surface area contributed by atoms with Crippen LogP contribution in [0.2, 0.25) is 0 Å². The summed E-state index contributed by atoms with van der Waals surface area (Å²) < 4.78 is 5.46. The molecule has 0 bridgehead atoms. The number of benzene rings is 1. The molecule has 1 N–H and O–H groups in total. The SMILES string of the molecule is CN1CC=C(COC(=O)C(O)(c2ccccc2)C2CC2)CC1. The van der Waals surface area contributed by atoms with Crippen LogP contribution in [0, 0.1) is 5.92 Å². The summed E-state index contributed by atoms with van der Waals surface area (Å²) in [6.45, 7) is 2.15. The van der Waals surface area contributed by atoms with E-state index in [2.05, 4.69) is 18.0 Å². The van der Waals surface area contributed by atoms with E-state index in [1.165, 1.54) is 0 Å². The predicted octanol–water partition coefficient (Wildman–Crippen LogP) is 2.09. The predicted molar refractivity (Wildman–Crippen MR) is 84.2 cm³/mol. The van der Waals surface area contributed by atoms with Crippen molar-refractivity contribution >= 4 is 5.97 Å². The molecule has 1 heterocycles. The maximum absolute atomic E-state index is 12.5. The average Bonchev–Trinajstić information content (AvgIpc) is 3.39. The minimum Gasteiger partial charge on any atom is -0.459 e. The standard InChI is InChI=1S/C18H23NO3/c1-19-11-9-14(10-12-19)13-22-17(20)18(21,16-7-8-16)15-5-3-2-4-6-15/h2-6,9,16,21H,7-8,10-13H2,1H3. The lowest BCUT2D eigenvalue weighted by Crippen LogP contribution is -2.40. The highest BCUT2D eigenvalue weighted by Gasteiger charge is 2.52. The van der Waals surface area contributed by atoms with Crippen LogP contribution in [0.5, 0.6) is 0 Å². The molecule has 4 nitrogen and oxygen atoms in total. The molecular formula is C18H23NO3. The molecule has 1 aromatic rings. The highest BCUT2D eigenvalue weighted by atomic mass is 16.5. The Morgan fingerprint density at radius 2 is 2.09 bits per heavy atom. The Hall–Kier alpha value is -1.65. The van der Waals surface area contributed by atoms with Crippen molar-refractivity contribution < 1.29 is 14.6 Å². The fraction of sp³-hybridized carbons (Fsp3) is 0.500. The third kappa shape index (κ3) is 3.08. The van der Waals surface area contributed by atoms with Gasteiger partial charge in [0.2, 0.25) is 0 Å². The van der Waals surface area contributed by atoms with Gasteiger partial charge in [-0.1, -0.05) is 36.4 Å². The number of carbonyl (C=O) groups is 1. The Labute approximate surface area is 131 Å². The molecule has 0 amide bonds. The van der Waals surface area contributed by atoms with Crippen LogP contribution in [0.15, 0.2) is 42.0 Å². The molecule has 4 heteroatoms. The van der Waals surface area contributed by atoms with Crippen LogP contribution in [0.4, 0.5) is 0 Å². The van der Waals surface area contributed by atoms with Crippen molar-refractivity contribution in [3.8, 4) is 0 Å². The lowest BCUT2D eigenvalue weighted by molar-refractivity contribution is -0.168. The van der Waals surface area contributed by atoms with Gasteiger partial charge in [0.05, 0.1) is 0 Å². The van der Waals surface area contributed by atoms with Crippen LogP contribution in [0.25, 0.3) is 0 Å². The minimum absolute atomic E-state index is 0.0196. The number of nitrogens with zero attached hydrogens (tertiary/aromatic N) is 1. The summed E-state index contributed by atoms with van der Waals surface area (Å²) in [5, 5.41) is 11.0. The van der Waals surface area contributed by atoms with Crippen LogP contribution in [-0.2, 0) is 15.1 Å². The summed E-state index contributed by atoms with van der Waals surface area (Å²) in [5.74, 6) is -0.533. The fourth-order valence-electron chi connectivity index (χ4n) is 2.93. The van der Waals surface area contributed by atoms with Crippen molar-refractivity contribution in [3.05, 3.63) is 47.5 Å². The molecule has 0 aromatic heterocycles. The van der Waals surface area contributed by atoms with Gasteiger partial charge >= 0.3 is 5.97 Å². The molecule has 0 radical (unpaired) electrons. The van der Waals surface area contributed by atoms with Crippen LogP contribution in [0.1, 0.15) is 24.8 Å². The van der Waals surface area contributed by atoms with Crippen LogP contribution < -0.4 is 0 Å². The number of hydrogen-bond acceptors (Lipinski definition) is 4. The van der Waals surface area contributed by atoms with E-state index in [1.54, 1.807) is 12.1 Å². The number of carbonyl (C=O) groups excluding carboxylic acids is 1.